The first kappa shape index (κ1) is 11.7. The average Bonchev–Trinajstić information content (AvgIpc) is 2.83. The highest BCUT2D eigenvalue weighted by Gasteiger charge is 2.13. The highest BCUT2D eigenvalue weighted by Crippen LogP contribution is 2.12. The summed E-state index contributed by atoms with van der Waals surface area (Å²) in [6.45, 7) is 2.96. The molecule has 1 aromatic heterocycles. The van der Waals surface area contributed by atoms with E-state index in [0.29, 0.717) is 11.9 Å². The summed E-state index contributed by atoms with van der Waals surface area (Å²) < 4.78 is 0. The van der Waals surface area contributed by atoms with Crippen molar-refractivity contribution in [1.82, 2.24) is 15.3 Å². The standard InChI is InChI=1S/C10H15N5O2/c16-15(17)9-6-13-10(14-7-9)12-4-2-8-1-3-11-5-8/h6-8,11H,1-5H2,(H,12,13,14). The Bertz CT molecular complexity index is 375. The number of hydrogen-bond donors (Lipinski definition) is 2. The number of nitrogens with one attached hydrogen (secondary N) is 2. The van der Waals surface area contributed by atoms with E-state index in [1.165, 1.54) is 18.8 Å². The van der Waals surface area contributed by atoms with Crippen molar-refractivity contribution in [2.24, 2.45) is 5.92 Å². The number of nitrogens with zero attached hydrogens (tertiary/aromatic N) is 3. The lowest BCUT2D eigenvalue weighted by atomic mass is 10.1. The maximum absolute atomic E-state index is 10.4. The van der Waals surface area contributed by atoms with Gasteiger partial charge >= 0.3 is 5.69 Å². The average molecular weight is 237 g/mol. The molecule has 0 radical (unpaired) electrons. The predicted octanol–water partition coefficient (Wildman–Crippen LogP) is 0.796. The van der Waals surface area contributed by atoms with E-state index in [2.05, 4.69) is 20.6 Å². The molecule has 1 saturated heterocycles. The van der Waals surface area contributed by atoms with Gasteiger partial charge in [0.25, 0.3) is 0 Å². The lowest BCUT2D eigenvalue weighted by Crippen LogP contribution is -2.13. The van der Waals surface area contributed by atoms with Gasteiger partial charge in [0, 0.05) is 6.54 Å². The molecular weight excluding hydrogens is 222 g/mol. The molecule has 0 bridgehead atoms. The molecule has 1 fully saturated rings. The van der Waals surface area contributed by atoms with Gasteiger partial charge in [0.1, 0.15) is 12.4 Å². The summed E-state index contributed by atoms with van der Waals surface area (Å²) in [6, 6.07) is 0. The fraction of sp³-hybridized carbons (Fsp3) is 0.600. The van der Waals surface area contributed by atoms with Crippen LogP contribution >= 0.6 is 0 Å². The molecule has 17 heavy (non-hydrogen) atoms. The van der Waals surface area contributed by atoms with Crippen molar-refractivity contribution in [1.29, 1.82) is 0 Å². The van der Waals surface area contributed by atoms with Crippen molar-refractivity contribution in [3.8, 4) is 0 Å². The summed E-state index contributed by atoms with van der Waals surface area (Å²) in [5.74, 6) is 1.15. The molecule has 2 rings (SSSR count). The molecule has 2 N–H and O–H groups in total. The number of aromatic nitrogens is 2. The Balaban J connectivity index is 1.76. The minimum absolute atomic E-state index is 0.0875. The van der Waals surface area contributed by atoms with Gasteiger partial charge in [-0.25, -0.2) is 9.97 Å². The van der Waals surface area contributed by atoms with Crippen molar-refractivity contribution < 1.29 is 4.92 Å². The Morgan fingerprint density at radius 1 is 1.53 bits per heavy atom. The van der Waals surface area contributed by atoms with Crippen LogP contribution in [0.5, 0.6) is 0 Å². The fourth-order valence-electron chi connectivity index (χ4n) is 1.86. The molecule has 1 aliphatic rings. The Morgan fingerprint density at radius 2 is 2.29 bits per heavy atom. The van der Waals surface area contributed by atoms with Crippen LogP contribution in [0, 0.1) is 16.0 Å². The van der Waals surface area contributed by atoms with E-state index in [0.717, 1.165) is 26.1 Å². The van der Waals surface area contributed by atoms with Gasteiger partial charge in [0.2, 0.25) is 5.95 Å². The van der Waals surface area contributed by atoms with Crippen LogP contribution in [-0.4, -0.2) is 34.5 Å². The lowest BCUT2D eigenvalue weighted by molar-refractivity contribution is -0.385. The maximum Gasteiger partial charge on any atom is 0.305 e. The number of nitro groups is 1. The van der Waals surface area contributed by atoms with Crippen LogP contribution in [0.1, 0.15) is 12.8 Å². The third-order valence-electron chi connectivity index (χ3n) is 2.85. The second-order valence-corrected chi connectivity index (χ2v) is 4.10. The Morgan fingerprint density at radius 3 is 2.88 bits per heavy atom. The van der Waals surface area contributed by atoms with Gasteiger partial charge in [-0.3, -0.25) is 10.1 Å². The number of anilines is 1. The molecule has 1 aliphatic heterocycles. The lowest BCUT2D eigenvalue weighted by Gasteiger charge is -2.08. The van der Waals surface area contributed by atoms with Crippen LogP contribution in [0.3, 0.4) is 0 Å². The van der Waals surface area contributed by atoms with E-state index in [-0.39, 0.29) is 5.69 Å². The molecule has 0 spiro atoms. The zero-order valence-electron chi connectivity index (χ0n) is 9.43. The molecule has 1 aromatic rings. The quantitative estimate of drug-likeness (QED) is 0.581. The zero-order valence-corrected chi connectivity index (χ0v) is 9.43. The SMILES string of the molecule is O=[N+]([O-])c1cnc(NCCC2CCNC2)nc1. The summed E-state index contributed by atoms with van der Waals surface area (Å²) in [6.07, 6.45) is 4.70. The van der Waals surface area contributed by atoms with Crippen LogP contribution in [0.25, 0.3) is 0 Å². The summed E-state index contributed by atoms with van der Waals surface area (Å²) in [7, 11) is 0. The predicted molar refractivity (Wildman–Crippen MR) is 62.8 cm³/mol. The minimum Gasteiger partial charge on any atom is -0.354 e. The molecule has 92 valence electrons. The highest BCUT2D eigenvalue weighted by molar-refractivity contribution is 5.30. The van der Waals surface area contributed by atoms with Crippen LogP contribution in [0.2, 0.25) is 0 Å². The van der Waals surface area contributed by atoms with Crippen molar-refractivity contribution >= 4 is 11.6 Å². The largest absolute Gasteiger partial charge is 0.354 e. The molecule has 7 nitrogen and oxygen atoms in total. The monoisotopic (exact) mass is 237 g/mol. The Kier molecular flexibility index (Phi) is 3.81. The highest BCUT2D eigenvalue weighted by atomic mass is 16.6. The van der Waals surface area contributed by atoms with E-state index in [9.17, 15) is 10.1 Å². The van der Waals surface area contributed by atoms with Gasteiger partial charge in [0.15, 0.2) is 0 Å². The number of rotatable bonds is 5. The van der Waals surface area contributed by atoms with Gasteiger partial charge in [-0.15, -0.1) is 0 Å². The van der Waals surface area contributed by atoms with Gasteiger partial charge in [-0.05, 0) is 31.8 Å². The normalized spacial score (nSPS) is 19.2. The molecule has 2 heterocycles. The van der Waals surface area contributed by atoms with Crippen molar-refractivity contribution in [3.63, 3.8) is 0 Å². The van der Waals surface area contributed by atoms with Crippen molar-refractivity contribution in [3.05, 3.63) is 22.5 Å². The van der Waals surface area contributed by atoms with Crippen molar-refractivity contribution in [2.45, 2.75) is 12.8 Å². The summed E-state index contributed by atoms with van der Waals surface area (Å²) >= 11 is 0. The Hall–Kier alpha value is -1.76. The van der Waals surface area contributed by atoms with E-state index in [1.54, 1.807) is 0 Å². The molecule has 1 atom stereocenters. The van der Waals surface area contributed by atoms with Gasteiger partial charge in [-0.1, -0.05) is 0 Å². The van der Waals surface area contributed by atoms with E-state index in [1.807, 2.05) is 0 Å². The Labute approximate surface area is 98.8 Å². The van der Waals surface area contributed by atoms with Crippen molar-refractivity contribution in [2.75, 3.05) is 25.0 Å². The first-order chi connectivity index (χ1) is 8.25. The van der Waals surface area contributed by atoms with Gasteiger partial charge in [-0.2, -0.15) is 0 Å². The maximum atomic E-state index is 10.4. The summed E-state index contributed by atoms with van der Waals surface area (Å²) in [4.78, 5) is 17.7. The van der Waals surface area contributed by atoms with Gasteiger partial charge in [0.05, 0.1) is 4.92 Å². The second kappa shape index (κ2) is 5.53. The summed E-state index contributed by atoms with van der Waals surface area (Å²) in [5, 5.41) is 16.8. The molecule has 0 aromatic carbocycles. The molecule has 1 unspecified atom stereocenters. The van der Waals surface area contributed by atoms with E-state index in [4.69, 9.17) is 0 Å². The van der Waals surface area contributed by atoms with E-state index >= 15 is 0 Å². The first-order valence-electron chi connectivity index (χ1n) is 5.67. The van der Waals surface area contributed by atoms with Crippen LogP contribution in [0.4, 0.5) is 11.6 Å². The molecule has 0 aliphatic carbocycles. The first-order valence-corrected chi connectivity index (χ1v) is 5.67. The molecular formula is C10H15N5O2. The second-order valence-electron chi connectivity index (χ2n) is 4.10. The van der Waals surface area contributed by atoms with Crippen LogP contribution < -0.4 is 10.6 Å². The van der Waals surface area contributed by atoms with Crippen LogP contribution in [0.15, 0.2) is 12.4 Å². The smallest absolute Gasteiger partial charge is 0.305 e. The third kappa shape index (κ3) is 3.35. The summed E-state index contributed by atoms with van der Waals surface area (Å²) in [5.41, 5.74) is -0.0875. The molecule has 0 amide bonds. The minimum atomic E-state index is -0.506. The molecule has 7 heteroatoms. The van der Waals surface area contributed by atoms with Crippen LogP contribution in [-0.2, 0) is 0 Å². The van der Waals surface area contributed by atoms with E-state index < -0.39 is 4.92 Å². The molecule has 0 saturated carbocycles. The zero-order chi connectivity index (χ0) is 12.1. The van der Waals surface area contributed by atoms with Gasteiger partial charge < -0.3 is 10.6 Å². The third-order valence-corrected chi connectivity index (χ3v) is 2.85. The number of hydrogen-bond acceptors (Lipinski definition) is 6. The fourth-order valence-corrected chi connectivity index (χ4v) is 1.86. The topological polar surface area (TPSA) is 93.0 Å².